The Bertz CT molecular complexity index is 1130. The van der Waals surface area contributed by atoms with E-state index in [9.17, 15) is 9.59 Å². The number of carbonyl (C=O) groups is 2. The highest BCUT2D eigenvalue weighted by Gasteiger charge is 2.17. The number of hydrogen-bond acceptors (Lipinski definition) is 5. The van der Waals surface area contributed by atoms with Crippen LogP contribution in [0.3, 0.4) is 0 Å². The first kappa shape index (κ1) is 22.3. The highest BCUT2D eigenvalue weighted by molar-refractivity contribution is 7.99. The lowest BCUT2D eigenvalue weighted by Crippen LogP contribution is -2.38. The van der Waals surface area contributed by atoms with Crippen LogP contribution < -0.4 is 5.32 Å². The Hall–Kier alpha value is -2.87. The van der Waals surface area contributed by atoms with Gasteiger partial charge in [0.2, 0.25) is 11.8 Å². The zero-order valence-corrected chi connectivity index (χ0v) is 19.7. The van der Waals surface area contributed by atoms with Gasteiger partial charge in [-0.1, -0.05) is 12.1 Å². The molecular formula is C24H29N5O2S. The van der Waals surface area contributed by atoms with E-state index in [1.165, 1.54) is 0 Å². The van der Waals surface area contributed by atoms with E-state index in [1.807, 2.05) is 72.3 Å². The number of amides is 2. The molecule has 4 rings (SSSR count). The van der Waals surface area contributed by atoms with Crippen LogP contribution in [0.5, 0.6) is 0 Å². The molecule has 8 heteroatoms. The second-order valence-corrected chi connectivity index (χ2v) is 9.46. The van der Waals surface area contributed by atoms with Crippen molar-refractivity contribution in [3.63, 3.8) is 0 Å². The Morgan fingerprint density at radius 3 is 2.53 bits per heavy atom. The number of carbonyl (C=O) groups excluding carboxylic acids is 2. The molecule has 7 nitrogen and oxygen atoms in total. The highest BCUT2D eigenvalue weighted by atomic mass is 32.2. The van der Waals surface area contributed by atoms with E-state index in [1.54, 1.807) is 0 Å². The van der Waals surface area contributed by atoms with Crippen LogP contribution in [0.1, 0.15) is 34.6 Å². The first-order chi connectivity index (χ1) is 15.4. The molecule has 1 N–H and O–H groups in total. The zero-order chi connectivity index (χ0) is 22.7. The largest absolute Gasteiger partial charge is 0.341 e. The lowest BCUT2D eigenvalue weighted by molar-refractivity contribution is -0.130. The molecule has 0 spiro atoms. The Balaban J connectivity index is 1.32. The number of thioether (sulfide) groups is 1. The predicted octanol–water partition coefficient (Wildman–Crippen LogP) is 3.34. The van der Waals surface area contributed by atoms with E-state index < -0.39 is 0 Å². The number of anilines is 1. The summed E-state index contributed by atoms with van der Waals surface area (Å²) in [5.41, 5.74) is 6.48. The number of nitrogens with zero attached hydrogens (tertiary/aromatic N) is 4. The fraction of sp³-hybridized carbons (Fsp3) is 0.417. The number of aryl methyl sites for hydroxylation is 3. The summed E-state index contributed by atoms with van der Waals surface area (Å²) in [5, 5.41) is 7.45. The van der Waals surface area contributed by atoms with E-state index >= 15 is 0 Å². The van der Waals surface area contributed by atoms with Gasteiger partial charge >= 0.3 is 0 Å². The van der Waals surface area contributed by atoms with E-state index in [0.717, 1.165) is 64.1 Å². The second-order valence-electron chi connectivity index (χ2n) is 8.23. The minimum Gasteiger partial charge on any atom is -0.341 e. The standard InChI is InChI=1S/C24H29N5O2S/c1-16-14-22-25-17(2)21(18(3)29(22)27-16)8-9-23(30)26-20-6-4-19(5-7-20)15-24(31)28-10-12-32-13-11-28/h4-7,14H,8-13,15H2,1-3H3,(H,26,30). The number of fused-ring (bicyclic) bond motifs is 1. The summed E-state index contributed by atoms with van der Waals surface area (Å²) >= 11 is 1.89. The summed E-state index contributed by atoms with van der Waals surface area (Å²) in [5.74, 6) is 2.16. The van der Waals surface area contributed by atoms with E-state index in [4.69, 9.17) is 0 Å². The third-order valence-corrected chi connectivity index (χ3v) is 6.79. The van der Waals surface area contributed by atoms with Crippen LogP contribution in [0.25, 0.3) is 5.65 Å². The van der Waals surface area contributed by atoms with Crippen molar-refractivity contribution in [2.75, 3.05) is 29.9 Å². The maximum absolute atomic E-state index is 12.5. The van der Waals surface area contributed by atoms with Gasteiger partial charge in [0.1, 0.15) is 0 Å². The normalized spacial score (nSPS) is 14.0. The summed E-state index contributed by atoms with van der Waals surface area (Å²) in [7, 11) is 0. The Kier molecular flexibility index (Phi) is 6.79. The monoisotopic (exact) mass is 451 g/mol. The van der Waals surface area contributed by atoms with Crippen molar-refractivity contribution in [1.82, 2.24) is 19.5 Å². The smallest absolute Gasteiger partial charge is 0.227 e. The van der Waals surface area contributed by atoms with Crippen molar-refractivity contribution < 1.29 is 9.59 Å². The topological polar surface area (TPSA) is 79.6 Å². The van der Waals surface area contributed by atoms with Crippen LogP contribution in [0.4, 0.5) is 5.69 Å². The molecule has 0 unspecified atom stereocenters. The summed E-state index contributed by atoms with van der Waals surface area (Å²) in [6.07, 6.45) is 1.37. The molecule has 3 aromatic rings. The molecule has 2 aromatic heterocycles. The van der Waals surface area contributed by atoms with E-state index in [0.29, 0.717) is 19.3 Å². The Morgan fingerprint density at radius 1 is 1.09 bits per heavy atom. The summed E-state index contributed by atoms with van der Waals surface area (Å²) in [6.45, 7) is 7.61. The number of benzene rings is 1. The summed E-state index contributed by atoms with van der Waals surface area (Å²) in [6, 6.07) is 9.52. The van der Waals surface area contributed by atoms with E-state index in [2.05, 4.69) is 15.4 Å². The third kappa shape index (κ3) is 5.12. The quantitative estimate of drug-likeness (QED) is 0.622. The van der Waals surface area contributed by atoms with Crippen LogP contribution in [0, 0.1) is 20.8 Å². The van der Waals surface area contributed by atoms with Crippen LogP contribution >= 0.6 is 11.8 Å². The number of rotatable bonds is 6. The minimum atomic E-state index is -0.0461. The molecule has 32 heavy (non-hydrogen) atoms. The summed E-state index contributed by atoms with van der Waals surface area (Å²) < 4.78 is 1.85. The molecule has 0 aliphatic carbocycles. The van der Waals surface area contributed by atoms with Gasteiger partial charge in [-0.05, 0) is 50.5 Å². The molecule has 0 atom stereocenters. The van der Waals surface area contributed by atoms with Gasteiger partial charge in [0, 0.05) is 54.2 Å². The van der Waals surface area contributed by atoms with Crippen LogP contribution in [-0.4, -0.2) is 55.9 Å². The number of aromatic nitrogens is 3. The molecule has 0 radical (unpaired) electrons. The average molecular weight is 452 g/mol. The molecule has 0 bridgehead atoms. The van der Waals surface area contributed by atoms with Crippen LogP contribution in [-0.2, 0) is 22.4 Å². The molecule has 1 aliphatic heterocycles. The molecule has 1 saturated heterocycles. The first-order valence-corrected chi connectivity index (χ1v) is 12.1. The van der Waals surface area contributed by atoms with Crippen molar-refractivity contribution in [3.8, 4) is 0 Å². The van der Waals surface area contributed by atoms with Crippen LogP contribution in [0.2, 0.25) is 0 Å². The molecule has 1 fully saturated rings. The maximum atomic E-state index is 12.5. The van der Waals surface area contributed by atoms with Gasteiger partial charge in [-0.3, -0.25) is 9.59 Å². The lowest BCUT2D eigenvalue weighted by atomic mass is 10.1. The maximum Gasteiger partial charge on any atom is 0.227 e. The van der Waals surface area contributed by atoms with Gasteiger partial charge in [-0.2, -0.15) is 16.9 Å². The van der Waals surface area contributed by atoms with Crippen LogP contribution in [0.15, 0.2) is 30.3 Å². The van der Waals surface area contributed by atoms with Crippen molar-refractivity contribution in [1.29, 1.82) is 0 Å². The zero-order valence-electron chi connectivity index (χ0n) is 18.9. The van der Waals surface area contributed by atoms with Gasteiger partial charge < -0.3 is 10.2 Å². The number of hydrogen-bond donors (Lipinski definition) is 1. The van der Waals surface area contributed by atoms with Crippen molar-refractivity contribution in [2.45, 2.75) is 40.0 Å². The highest BCUT2D eigenvalue weighted by Crippen LogP contribution is 2.18. The average Bonchev–Trinajstić information content (AvgIpc) is 3.15. The lowest BCUT2D eigenvalue weighted by Gasteiger charge is -2.26. The fourth-order valence-electron chi connectivity index (χ4n) is 4.07. The van der Waals surface area contributed by atoms with Gasteiger partial charge in [0.15, 0.2) is 5.65 Å². The van der Waals surface area contributed by atoms with Gasteiger partial charge in [0.05, 0.1) is 12.1 Å². The van der Waals surface area contributed by atoms with E-state index in [-0.39, 0.29) is 11.8 Å². The van der Waals surface area contributed by atoms with Crippen molar-refractivity contribution in [3.05, 3.63) is 58.5 Å². The Labute approximate surface area is 192 Å². The molecule has 1 aromatic carbocycles. The summed E-state index contributed by atoms with van der Waals surface area (Å²) in [4.78, 5) is 31.5. The third-order valence-electron chi connectivity index (χ3n) is 5.85. The van der Waals surface area contributed by atoms with Gasteiger partial charge in [0.25, 0.3) is 0 Å². The Morgan fingerprint density at radius 2 is 1.81 bits per heavy atom. The fourth-order valence-corrected chi connectivity index (χ4v) is 4.97. The van der Waals surface area contributed by atoms with Gasteiger partial charge in [-0.25, -0.2) is 9.50 Å². The molecule has 3 heterocycles. The second kappa shape index (κ2) is 9.73. The number of nitrogens with one attached hydrogen (secondary N) is 1. The minimum absolute atomic E-state index is 0.0461. The SMILES string of the molecule is Cc1cc2nc(C)c(CCC(=O)Nc3ccc(CC(=O)N4CCSCC4)cc3)c(C)n2n1. The van der Waals surface area contributed by atoms with Crippen molar-refractivity contribution in [2.24, 2.45) is 0 Å². The first-order valence-electron chi connectivity index (χ1n) is 11.0. The molecular weight excluding hydrogens is 422 g/mol. The predicted molar refractivity (Wildman–Crippen MR) is 128 cm³/mol. The molecule has 1 aliphatic rings. The molecule has 2 amide bonds. The molecule has 168 valence electrons. The van der Waals surface area contributed by atoms with Crippen molar-refractivity contribution >= 4 is 34.9 Å². The molecule has 0 saturated carbocycles. The van der Waals surface area contributed by atoms with Gasteiger partial charge in [-0.15, -0.1) is 0 Å².